The molecule has 3 nitrogen and oxygen atoms in total. The molecule has 1 aromatic carbocycles. The van der Waals surface area contributed by atoms with Crippen LogP contribution in [0.4, 0.5) is 4.39 Å². The predicted molar refractivity (Wildman–Crippen MR) is 58.0 cm³/mol. The third kappa shape index (κ3) is 2.10. The van der Waals surface area contributed by atoms with Gasteiger partial charge in [0.15, 0.2) is 0 Å². The molecule has 1 aromatic rings. The average Bonchev–Trinajstić information content (AvgIpc) is 2.78. The topological polar surface area (TPSA) is 38.7 Å². The molecule has 0 N–H and O–H groups in total. The number of hydrogen-bond donors (Lipinski definition) is 0. The van der Waals surface area contributed by atoms with Gasteiger partial charge in [0.1, 0.15) is 11.9 Å². The van der Waals surface area contributed by atoms with Crippen LogP contribution in [0.15, 0.2) is 29.3 Å². The molecule has 0 saturated heterocycles. The van der Waals surface area contributed by atoms with Crippen LogP contribution in [0.1, 0.15) is 18.4 Å². The third-order valence-electron chi connectivity index (χ3n) is 2.62. The van der Waals surface area contributed by atoms with Crippen molar-refractivity contribution in [3.63, 3.8) is 0 Å². The minimum atomic E-state index is -0.398. The van der Waals surface area contributed by atoms with Gasteiger partial charge in [0.25, 0.3) is 0 Å². The number of hydrogen-bond acceptors (Lipinski definition) is 3. The second kappa shape index (κ2) is 4.43. The molecule has 0 aromatic heterocycles. The van der Waals surface area contributed by atoms with E-state index in [0.717, 1.165) is 17.7 Å². The molecule has 16 heavy (non-hydrogen) atoms. The van der Waals surface area contributed by atoms with Crippen molar-refractivity contribution in [2.45, 2.75) is 18.9 Å². The first-order valence-electron chi connectivity index (χ1n) is 5.11. The summed E-state index contributed by atoms with van der Waals surface area (Å²) in [5.41, 5.74) is 1.71. The largest absolute Gasteiger partial charge is 0.467 e. The number of methoxy groups -OCH3 is 1. The molecule has 84 valence electrons. The molecule has 4 heteroatoms. The van der Waals surface area contributed by atoms with Crippen molar-refractivity contribution < 1.29 is 13.9 Å². The summed E-state index contributed by atoms with van der Waals surface area (Å²) in [5, 5.41) is 0. The average molecular weight is 221 g/mol. The lowest BCUT2D eigenvalue weighted by Crippen LogP contribution is -2.16. The Morgan fingerprint density at radius 2 is 2.12 bits per heavy atom. The molecule has 1 heterocycles. The van der Waals surface area contributed by atoms with Gasteiger partial charge < -0.3 is 4.74 Å². The van der Waals surface area contributed by atoms with Gasteiger partial charge in [-0.2, -0.15) is 0 Å². The number of rotatable bonds is 2. The van der Waals surface area contributed by atoms with E-state index in [1.807, 2.05) is 0 Å². The fourth-order valence-corrected chi connectivity index (χ4v) is 1.76. The third-order valence-corrected chi connectivity index (χ3v) is 2.62. The SMILES string of the molecule is COC(=O)C1CCC(c2ccc(F)cc2)=N1. The molecule has 0 fully saturated rings. The molecule has 1 aliphatic rings. The molecule has 1 atom stereocenters. The van der Waals surface area contributed by atoms with E-state index >= 15 is 0 Å². The molecule has 2 rings (SSSR count). The summed E-state index contributed by atoms with van der Waals surface area (Å²) in [4.78, 5) is 15.5. The van der Waals surface area contributed by atoms with Crippen LogP contribution in [-0.4, -0.2) is 24.8 Å². The molecule has 0 saturated carbocycles. The summed E-state index contributed by atoms with van der Waals surface area (Å²) in [6, 6.07) is 5.74. The Balaban J connectivity index is 2.17. The van der Waals surface area contributed by atoms with Gasteiger partial charge in [-0.1, -0.05) is 12.1 Å². The zero-order valence-electron chi connectivity index (χ0n) is 8.94. The van der Waals surface area contributed by atoms with E-state index in [1.54, 1.807) is 12.1 Å². The van der Waals surface area contributed by atoms with Crippen LogP contribution in [0.3, 0.4) is 0 Å². The van der Waals surface area contributed by atoms with Crippen molar-refractivity contribution in [2.75, 3.05) is 7.11 Å². The predicted octanol–water partition coefficient (Wildman–Crippen LogP) is 1.95. The number of nitrogens with zero attached hydrogens (tertiary/aromatic N) is 1. The first-order valence-corrected chi connectivity index (χ1v) is 5.11. The minimum absolute atomic E-state index is 0.271. The molecule has 0 spiro atoms. The minimum Gasteiger partial charge on any atom is -0.467 e. The standard InChI is InChI=1S/C12H12FNO2/c1-16-12(15)11-7-6-10(14-11)8-2-4-9(13)5-3-8/h2-5,11H,6-7H2,1H3. The van der Waals surface area contributed by atoms with Crippen molar-refractivity contribution in [2.24, 2.45) is 4.99 Å². The van der Waals surface area contributed by atoms with E-state index in [-0.39, 0.29) is 11.8 Å². The van der Waals surface area contributed by atoms with Gasteiger partial charge in [-0.05, 0) is 30.5 Å². The van der Waals surface area contributed by atoms with E-state index in [9.17, 15) is 9.18 Å². The highest BCUT2D eigenvalue weighted by Gasteiger charge is 2.25. The molecular formula is C12H12FNO2. The molecule has 0 aliphatic carbocycles. The van der Waals surface area contributed by atoms with Crippen LogP contribution < -0.4 is 0 Å². The van der Waals surface area contributed by atoms with Crippen LogP contribution in [0, 0.1) is 5.82 Å². The first kappa shape index (κ1) is 10.8. The molecular weight excluding hydrogens is 209 g/mol. The summed E-state index contributed by atoms with van der Waals surface area (Å²) in [6.07, 6.45) is 1.39. The lowest BCUT2D eigenvalue weighted by atomic mass is 10.1. The fraction of sp³-hybridized carbons (Fsp3) is 0.333. The number of benzene rings is 1. The number of esters is 1. The quantitative estimate of drug-likeness (QED) is 0.716. The van der Waals surface area contributed by atoms with Crippen LogP contribution >= 0.6 is 0 Å². The van der Waals surface area contributed by atoms with Gasteiger partial charge in [-0.25, -0.2) is 9.18 Å². The van der Waals surface area contributed by atoms with Crippen LogP contribution in [0.2, 0.25) is 0 Å². The normalized spacial score (nSPS) is 19.4. The van der Waals surface area contributed by atoms with E-state index in [0.29, 0.717) is 6.42 Å². The molecule has 0 bridgehead atoms. The number of ether oxygens (including phenoxy) is 1. The van der Waals surface area contributed by atoms with Gasteiger partial charge in [0, 0.05) is 5.71 Å². The smallest absolute Gasteiger partial charge is 0.330 e. The van der Waals surface area contributed by atoms with Crippen molar-refractivity contribution in [1.29, 1.82) is 0 Å². The van der Waals surface area contributed by atoms with Crippen molar-refractivity contribution in [1.82, 2.24) is 0 Å². The number of carbonyl (C=O) groups is 1. The maximum atomic E-state index is 12.7. The maximum Gasteiger partial charge on any atom is 0.330 e. The van der Waals surface area contributed by atoms with Gasteiger partial charge in [-0.15, -0.1) is 0 Å². The Hall–Kier alpha value is -1.71. The lowest BCUT2D eigenvalue weighted by molar-refractivity contribution is -0.141. The highest BCUT2D eigenvalue weighted by atomic mass is 19.1. The Bertz CT molecular complexity index is 425. The van der Waals surface area contributed by atoms with Crippen LogP contribution in [0.5, 0.6) is 0 Å². The summed E-state index contributed by atoms with van der Waals surface area (Å²) < 4.78 is 17.4. The number of aliphatic imine (C=N–C) groups is 1. The Kier molecular flexibility index (Phi) is 2.99. The highest BCUT2D eigenvalue weighted by Crippen LogP contribution is 2.19. The Morgan fingerprint density at radius 1 is 1.44 bits per heavy atom. The summed E-state index contributed by atoms with van der Waals surface area (Å²) >= 11 is 0. The van der Waals surface area contributed by atoms with E-state index in [1.165, 1.54) is 19.2 Å². The lowest BCUT2D eigenvalue weighted by Gasteiger charge is -2.01. The van der Waals surface area contributed by atoms with Crippen LogP contribution in [-0.2, 0) is 9.53 Å². The molecule has 1 aliphatic heterocycles. The van der Waals surface area contributed by atoms with E-state index in [2.05, 4.69) is 9.73 Å². The highest BCUT2D eigenvalue weighted by molar-refractivity contribution is 6.03. The van der Waals surface area contributed by atoms with Gasteiger partial charge in [0.2, 0.25) is 0 Å². The molecule has 0 radical (unpaired) electrons. The van der Waals surface area contributed by atoms with Crippen LogP contribution in [0.25, 0.3) is 0 Å². The van der Waals surface area contributed by atoms with E-state index < -0.39 is 6.04 Å². The van der Waals surface area contributed by atoms with E-state index in [4.69, 9.17) is 0 Å². The second-order valence-electron chi connectivity index (χ2n) is 3.66. The fourth-order valence-electron chi connectivity index (χ4n) is 1.76. The molecule has 0 amide bonds. The summed E-state index contributed by atoms with van der Waals surface area (Å²) in [6.45, 7) is 0. The Morgan fingerprint density at radius 3 is 2.75 bits per heavy atom. The monoisotopic (exact) mass is 221 g/mol. The maximum absolute atomic E-state index is 12.7. The zero-order chi connectivity index (χ0) is 11.5. The van der Waals surface area contributed by atoms with Gasteiger partial charge >= 0.3 is 5.97 Å². The second-order valence-corrected chi connectivity index (χ2v) is 3.66. The van der Waals surface area contributed by atoms with Gasteiger partial charge in [0.05, 0.1) is 7.11 Å². The number of halogens is 1. The Labute approximate surface area is 93.0 Å². The molecule has 1 unspecified atom stereocenters. The summed E-state index contributed by atoms with van der Waals surface area (Å²) in [5.74, 6) is -0.580. The van der Waals surface area contributed by atoms with Crippen molar-refractivity contribution in [3.05, 3.63) is 35.6 Å². The summed E-state index contributed by atoms with van der Waals surface area (Å²) in [7, 11) is 1.35. The van der Waals surface area contributed by atoms with Crippen molar-refractivity contribution >= 4 is 11.7 Å². The van der Waals surface area contributed by atoms with Crippen molar-refractivity contribution in [3.8, 4) is 0 Å². The number of carbonyl (C=O) groups excluding carboxylic acids is 1. The zero-order valence-corrected chi connectivity index (χ0v) is 8.94. The van der Waals surface area contributed by atoms with Gasteiger partial charge in [-0.3, -0.25) is 4.99 Å². The first-order chi connectivity index (χ1) is 7.70.